The predicted octanol–water partition coefficient (Wildman–Crippen LogP) is -0.791. The Balaban J connectivity index is 0.00000748. The van der Waals surface area contributed by atoms with Crippen molar-refractivity contribution in [2.45, 2.75) is 14.7 Å². The smallest absolute Gasteiger partial charge is 0.744 e. The van der Waals surface area contributed by atoms with Crippen molar-refractivity contribution in [2.24, 2.45) is 10.2 Å². The van der Waals surface area contributed by atoms with Gasteiger partial charge in [-0.2, -0.15) is 43.9 Å². The van der Waals surface area contributed by atoms with Crippen LogP contribution in [0.2, 0.25) is 0 Å². The Morgan fingerprint density at radius 3 is 1.52 bits per heavy atom. The Morgan fingerprint density at radius 2 is 1.06 bits per heavy atom. The molecule has 0 atom stereocenters. The number of anilines is 4. The van der Waals surface area contributed by atoms with E-state index in [1.807, 2.05) is 0 Å². The van der Waals surface area contributed by atoms with Crippen molar-refractivity contribution in [3.05, 3.63) is 110 Å². The van der Waals surface area contributed by atoms with Crippen molar-refractivity contribution < 1.29 is 104 Å². The summed E-state index contributed by atoms with van der Waals surface area (Å²) in [4.78, 5) is 21.8. The van der Waals surface area contributed by atoms with Crippen LogP contribution in [0.1, 0.15) is 43.0 Å². The zero-order valence-corrected chi connectivity index (χ0v) is 37.4. The van der Waals surface area contributed by atoms with Gasteiger partial charge in [-0.05, 0) is 82.9 Å². The zero-order valence-electron chi connectivity index (χ0n) is 31.3. The molecule has 6 rings (SSSR count). The molecule has 2 aliphatic rings. The number of carbonyl (C=O) groups excluding carboxylic acids is 2. The normalized spacial score (nSPS) is 16.0. The molecule has 63 heavy (non-hydrogen) atoms. The van der Waals surface area contributed by atoms with Crippen molar-refractivity contribution >= 4 is 121 Å². The van der Waals surface area contributed by atoms with Crippen molar-refractivity contribution in [3.8, 4) is 0 Å². The van der Waals surface area contributed by atoms with Crippen LogP contribution in [0.25, 0.3) is 24.3 Å². The van der Waals surface area contributed by atoms with Gasteiger partial charge < -0.3 is 16.0 Å². The van der Waals surface area contributed by atoms with Crippen LogP contribution in [-0.2, 0) is 50.6 Å². The molecule has 0 unspecified atom stereocenters. The second kappa shape index (κ2) is 17.2. The molecule has 4 aromatic rings. The number of allylic oxidation sites excluding steroid dienone is 2. The minimum atomic E-state index is -5.53. The summed E-state index contributed by atoms with van der Waals surface area (Å²) < 4.78 is 173. The van der Waals surface area contributed by atoms with Gasteiger partial charge in [0.2, 0.25) is 11.6 Å². The number of rotatable bonds is 11. The van der Waals surface area contributed by atoms with Gasteiger partial charge in [0.25, 0.3) is 40.5 Å². The summed E-state index contributed by atoms with van der Waals surface area (Å²) in [5.74, 6) is -2.29. The van der Waals surface area contributed by atoms with Gasteiger partial charge in [0.15, 0.2) is 5.71 Å². The van der Waals surface area contributed by atoms with E-state index in [0.29, 0.717) is 18.2 Å². The minimum absolute atomic E-state index is 0. The number of nitrogen functional groups attached to an aromatic ring is 2. The van der Waals surface area contributed by atoms with E-state index in [1.165, 1.54) is 18.2 Å². The van der Waals surface area contributed by atoms with Gasteiger partial charge in [-0.25, -0.2) is 8.42 Å². The average molecular weight is 973 g/mol. The Bertz CT molecular complexity index is 3440. The maximum atomic E-state index is 13.3. The molecule has 2 aliphatic carbocycles. The van der Waals surface area contributed by atoms with Crippen LogP contribution >= 0.6 is 0 Å². The molecule has 0 spiro atoms. The third-order valence-electron chi connectivity index (χ3n) is 8.66. The largest absolute Gasteiger partial charge is 1.00 e. The summed E-state index contributed by atoms with van der Waals surface area (Å²) in [5.41, 5.74) is 11.5. The van der Waals surface area contributed by atoms with Crippen molar-refractivity contribution in [1.29, 1.82) is 0 Å². The molecule has 23 nitrogen and oxygen atoms in total. The number of benzene rings is 4. The monoisotopic (exact) mass is 972 g/mol. The van der Waals surface area contributed by atoms with Crippen LogP contribution in [-0.4, -0.2) is 87.8 Å². The van der Waals surface area contributed by atoms with Gasteiger partial charge in [0, 0.05) is 16.9 Å². The van der Waals surface area contributed by atoms with Gasteiger partial charge in [-0.15, -0.1) is 0 Å². The number of Topliss-reactive ketones (excluding diaryl/α,β-unsaturated/α-hetero) is 2. The summed E-state index contributed by atoms with van der Waals surface area (Å²) in [6.07, 6.45) is 3.48. The third kappa shape index (κ3) is 10.5. The predicted molar refractivity (Wildman–Crippen MR) is 221 cm³/mol. The molecule has 0 fully saturated rings. The van der Waals surface area contributed by atoms with Gasteiger partial charge >= 0.3 is 29.6 Å². The molecule has 0 bridgehead atoms. The average Bonchev–Trinajstić information content (AvgIpc) is 3.14. The van der Waals surface area contributed by atoms with E-state index in [2.05, 4.69) is 21.1 Å². The van der Waals surface area contributed by atoms with E-state index in [0.717, 1.165) is 54.6 Å². The topological polar surface area (TPSA) is 410 Å². The van der Waals surface area contributed by atoms with Gasteiger partial charge in [0.1, 0.15) is 30.5 Å². The van der Waals surface area contributed by atoms with E-state index in [-0.39, 0.29) is 68.9 Å². The minimum Gasteiger partial charge on any atom is -0.744 e. The molecule has 0 radical (unpaired) electrons. The number of hydrazone groups is 2. The van der Waals surface area contributed by atoms with Crippen LogP contribution in [0.4, 0.5) is 22.7 Å². The fraction of sp³-hybridized carbons (Fsp3) is 0. The number of hydrogen-bond acceptors (Lipinski definition) is 19. The fourth-order valence-corrected chi connectivity index (χ4v) is 9.20. The number of nitrogens with zero attached hydrogens (tertiary/aromatic N) is 2. The quantitative estimate of drug-likeness (QED) is 0.0300. The number of carbonyl (C=O) groups is 2. The molecular weight excluding hydrogens is 948 g/mol. The van der Waals surface area contributed by atoms with E-state index >= 15 is 0 Å². The molecule has 4 aromatic carbocycles. The number of hydrogen-bond donors (Lipinski definition) is 8. The number of nitrogens with one attached hydrogen (secondary N) is 2. The molecule has 0 amide bonds. The molecule has 0 saturated carbocycles. The van der Waals surface area contributed by atoms with E-state index in [9.17, 15) is 74.4 Å². The van der Waals surface area contributed by atoms with E-state index < -0.39 is 115 Å². The van der Waals surface area contributed by atoms with Crippen LogP contribution in [0.15, 0.2) is 101 Å². The number of fused-ring (bicyclic) bond motifs is 2. The van der Waals surface area contributed by atoms with Crippen LogP contribution < -0.4 is 51.9 Å². The molecular formula is C34H25N6NaO17S5. The molecule has 0 aromatic heterocycles. The number of ketones is 2. The van der Waals surface area contributed by atoms with E-state index in [1.54, 1.807) is 0 Å². The van der Waals surface area contributed by atoms with E-state index in [4.69, 9.17) is 11.5 Å². The van der Waals surface area contributed by atoms with Crippen LogP contribution in [0, 0.1) is 0 Å². The van der Waals surface area contributed by atoms with Crippen molar-refractivity contribution in [3.63, 3.8) is 0 Å². The Kier molecular flexibility index (Phi) is 13.3. The summed E-state index contributed by atoms with van der Waals surface area (Å²) in [6.45, 7) is 0. The Morgan fingerprint density at radius 1 is 0.571 bits per heavy atom. The van der Waals surface area contributed by atoms with Crippen LogP contribution in [0.3, 0.4) is 0 Å². The molecule has 0 saturated heterocycles. The third-order valence-corrected chi connectivity index (χ3v) is 13.0. The summed E-state index contributed by atoms with van der Waals surface area (Å²) in [6, 6.07) is 11.1. The van der Waals surface area contributed by atoms with Gasteiger partial charge in [0.05, 0.1) is 26.7 Å². The maximum absolute atomic E-state index is 13.3. The molecule has 0 aliphatic heterocycles. The molecule has 324 valence electrons. The first-order chi connectivity index (χ1) is 28.5. The first-order valence-electron chi connectivity index (χ1n) is 16.4. The van der Waals surface area contributed by atoms with Gasteiger partial charge in [-0.1, -0.05) is 30.4 Å². The summed E-state index contributed by atoms with van der Waals surface area (Å²) in [7, 11) is -25.7. The second-order valence-electron chi connectivity index (χ2n) is 12.8. The standard InChI is InChI=1S/C34H26N6O17S5.Na/c35-20-6-3-18-10-28(61(52,53)54)31(33(41)24(18)12-20)39-37-21-7-4-16(26(13-21)59(46,47)48)1-2-17-5-8-22(14-27(17)60(49,50)51)38-40-32-29(62(55,56)57)11-19-9-23(58(43,44)45)15-25(36)30(19)34(32)42;/h1-15,37-38H,35-36H2,(H,43,44,45)(H,46,47,48)(H,49,50,51)(H,52,53,54)(H,55,56,57);/q;+1/p-1/b2-1+,39-31-,40-32+;. The zero-order chi connectivity index (χ0) is 45.9. The molecule has 0 heterocycles. The molecule has 10 N–H and O–H groups in total. The first-order valence-corrected chi connectivity index (χ1v) is 23.6. The Labute approximate surface area is 379 Å². The fourth-order valence-electron chi connectivity index (χ4n) is 5.92. The maximum Gasteiger partial charge on any atom is 1.00 e. The second-order valence-corrected chi connectivity index (χ2v) is 19.8. The summed E-state index contributed by atoms with van der Waals surface area (Å²) in [5, 5.41) is 7.40. The summed E-state index contributed by atoms with van der Waals surface area (Å²) >= 11 is 0. The molecule has 29 heteroatoms. The SMILES string of the molecule is Nc1ccc2c(c1)C(=O)/C(=N\Nc1ccc(/C=C/c3ccc(N/N=C4/C(=O)c5c(N)cc(S(=O)(=O)O)cc5C=C4S(=O)(=O)[O-])cc3S(=O)(=O)O)c(S(=O)(=O)O)c1)C(S(=O)(=O)O)=C2.[Na+]. The Hall–Kier alpha value is -5.47. The first kappa shape index (κ1) is 48.6. The number of nitrogens with two attached hydrogens (primary N) is 2. The van der Waals surface area contributed by atoms with Crippen molar-refractivity contribution in [1.82, 2.24) is 0 Å². The van der Waals surface area contributed by atoms with Crippen molar-refractivity contribution in [2.75, 3.05) is 22.3 Å². The van der Waals surface area contributed by atoms with Crippen LogP contribution in [0.5, 0.6) is 0 Å². The van der Waals surface area contributed by atoms with Gasteiger partial charge in [-0.3, -0.25) is 38.7 Å².